The van der Waals surface area contributed by atoms with Crippen molar-refractivity contribution in [3.8, 4) is 0 Å². The molecule has 4 atom stereocenters. The Morgan fingerprint density at radius 1 is 0.944 bits per heavy atom. The van der Waals surface area contributed by atoms with E-state index >= 15 is 0 Å². The van der Waals surface area contributed by atoms with E-state index in [1.54, 1.807) is 30.3 Å². The molecule has 7 rings (SSSR count). The van der Waals surface area contributed by atoms with Crippen LogP contribution in [0, 0.1) is 5.92 Å². The van der Waals surface area contributed by atoms with Crippen LogP contribution in [0.3, 0.4) is 0 Å². The van der Waals surface area contributed by atoms with E-state index in [4.69, 9.17) is 11.6 Å². The molecule has 180 valence electrons. The lowest BCUT2D eigenvalue weighted by molar-refractivity contribution is -0.137. The zero-order valence-corrected chi connectivity index (χ0v) is 21.4. The monoisotopic (exact) mass is 561 g/mol. The highest BCUT2D eigenvalue weighted by Gasteiger charge is 2.81. The van der Waals surface area contributed by atoms with Crippen LogP contribution in [0.2, 0.25) is 5.02 Å². The molecule has 0 bridgehead atoms. The number of Topliss-reactive ketones (excluding diaryl/α,β-unsaturated/α-hetero) is 1. The lowest BCUT2D eigenvalue weighted by Gasteiger charge is -2.43. The number of rotatable bonds is 2. The van der Waals surface area contributed by atoms with E-state index in [-0.39, 0.29) is 23.6 Å². The van der Waals surface area contributed by atoms with Crippen molar-refractivity contribution in [1.29, 1.82) is 0 Å². The van der Waals surface area contributed by atoms with Crippen LogP contribution in [-0.2, 0) is 20.5 Å². The first-order valence-corrected chi connectivity index (χ1v) is 13.2. The molecule has 0 unspecified atom stereocenters. The van der Waals surface area contributed by atoms with Gasteiger partial charge in [0.2, 0.25) is 5.91 Å². The lowest BCUT2D eigenvalue weighted by atomic mass is 9.57. The van der Waals surface area contributed by atoms with E-state index in [2.05, 4.69) is 31.5 Å². The van der Waals surface area contributed by atoms with Crippen LogP contribution >= 0.6 is 27.5 Å². The number of carbonyl (C=O) groups excluding carboxylic acids is 3. The van der Waals surface area contributed by atoms with E-state index < -0.39 is 16.9 Å². The van der Waals surface area contributed by atoms with Gasteiger partial charge in [-0.3, -0.25) is 19.3 Å². The van der Waals surface area contributed by atoms with Crippen LogP contribution in [0.15, 0.2) is 71.2 Å². The number of anilines is 2. The third kappa shape index (κ3) is 2.48. The maximum absolute atomic E-state index is 14.5. The molecule has 3 aromatic rings. The Morgan fingerprint density at radius 2 is 1.67 bits per heavy atom. The van der Waals surface area contributed by atoms with Gasteiger partial charge in [0.1, 0.15) is 11.0 Å². The molecule has 0 aliphatic carbocycles. The molecule has 2 N–H and O–H groups in total. The SMILES string of the molecule is O=C(c1ccc(Br)cc1)[C@@H]1[C@@H]2CCCN2[C@@]2(C(=O)Nc3ccc(Cl)cc32)[C@@]12C(=O)Nc1ccccc12. The number of hydrogen-bond acceptors (Lipinski definition) is 4. The van der Waals surface area contributed by atoms with Gasteiger partial charge in [-0.05, 0) is 61.3 Å². The molecule has 4 aliphatic rings. The Hall–Kier alpha value is -3.00. The molecule has 2 spiro atoms. The molecular formula is C28H21BrClN3O3. The van der Waals surface area contributed by atoms with Crippen LogP contribution in [0.1, 0.15) is 34.3 Å². The minimum Gasteiger partial charge on any atom is -0.325 e. The van der Waals surface area contributed by atoms with Crippen molar-refractivity contribution in [1.82, 2.24) is 4.90 Å². The number of hydrogen-bond donors (Lipinski definition) is 2. The van der Waals surface area contributed by atoms with Gasteiger partial charge in [-0.25, -0.2) is 0 Å². The summed E-state index contributed by atoms with van der Waals surface area (Å²) in [5.74, 6) is -1.51. The van der Waals surface area contributed by atoms with E-state index in [9.17, 15) is 14.4 Å². The molecule has 8 heteroatoms. The van der Waals surface area contributed by atoms with Gasteiger partial charge in [0.25, 0.3) is 5.91 Å². The average Bonchev–Trinajstić information content (AvgIpc) is 3.58. The van der Waals surface area contributed by atoms with E-state index in [1.807, 2.05) is 36.4 Å². The van der Waals surface area contributed by atoms with Crippen LogP contribution < -0.4 is 10.6 Å². The molecule has 2 saturated heterocycles. The van der Waals surface area contributed by atoms with Gasteiger partial charge in [-0.1, -0.05) is 57.9 Å². The number of nitrogens with zero attached hydrogens (tertiary/aromatic N) is 1. The molecule has 6 nitrogen and oxygen atoms in total. The van der Waals surface area contributed by atoms with Gasteiger partial charge >= 0.3 is 0 Å². The number of halogens is 2. The predicted molar refractivity (Wildman–Crippen MR) is 140 cm³/mol. The Bertz CT molecular complexity index is 1490. The van der Waals surface area contributed by atoms with Crippen LogP contribution in [0.4, 0.5) is 11.4 Å². The summed E-state index contributed by atoms with van der Waals surface area (Å²) < 4.78 is 0.863. The van der Waals surface area contributed by atoms with Gasteiger partial charge in [0, 0.05) is 38.0 Å². The lowest BCUT2D eigenvalue weighted by Crippen LogP contribution is -2.62. The molecule has 4 aliphatic heterocycles. The fourth-order valence-electron chi connectivity index (χ4n) is 7.34. The largest absolute Gasteiger partial charge is 0.325 e. The van der Waals surface area contributed by atoms with E-state index in [0.29, 0.717) is 39.6 Å². The van der Waals surface area contributed by atoms with Crippen LogP contribution in [0.5, 0.6) is 0 Å². The van der Waals surface area contributed by atoms with Crippen LogP contribution in [-0.4, -0.2) is 35.1 Å². The van der Waals surface area contributed by atoms with Crippen molar-refractivity contribution in [3.63, 3.8) is 0 Å². The first kappa shape index (κ1) is 22.2. The predicted octanol–water partition coefficient (Wildman–Crippen LogP) is 5.12. The second kappa shape index (κ2) is 7.51. The minimum atomic E-state index is -1.46. The fraction of sp³-hybridized carbons (Fsp3) is 0.250. The number of benzene rings is 3. The highest BCUT2D eigenvalue weighted by molar-refractivity contribution is 9.10. The highest BCUT2D eigenvalue weighted by Crippen LogP contribution is 2.68. The normalized spacial score (nSPS) is 29.8. The van der Waals surface area contributed by atoms with Gasteiger partial charge in [0.15, 0.2) is 5.78 Å². The summed E-state index contributed by atoms with van der Waals surface area (Å²) >= 11 is 9.93. The summed E-state index contributed by atoms with van der Waals surface area (Å²) in [6, 6.07) is 19.7. The molecule has 2 amide bonds. The first-order chi connectivity index (χ1) is 17.4. The number of para-hydroxylation sites is 1. The quantitative estimate of drug-likeness (QED) is 0.425. The van der Waals surface area contributed by atoms with E-state index in [1.165, 1.54) is 0 Å². The second-order valence-corrected chi connectivity index (χ2v) is 11.3. The zero-order valence-electron chi connectivity index (χ0n) is 19.1. The van der Waals surface area contributed by atoms with Gasteiger partial charge in [0.05, 0.1) is 5.92 Å². The van der Waals surface area contributed by atoms with Crippen molar-refractivity contribution in [3.05, 3.63) is 92.9 Å². The third-order valence-electron chi connectivity index (χ3n) is 8.47. The Labute approximate surface area is 221 Å². The molecule has 0 saturated carbocycles. The topological polar surface area (TPSA) is 78.5 Å². The summed E-state index contributed by atoms with van der Waals surface area (Å²) in [5.41, 5.74) is 0.268. The molecule has 36 heavy (non-hydrogen) atoms. The molecule has 4 heterocycles. The summed E-state index contributed by atoms with van der Waals surface area (Å²) in [7, 11) is 0. The Morgan fingerprint density at radius 3 is 2.47 bits per heavy atom. The third-order valence-corrected chi connectivity index (χ3v) is 9.23. The standard InChI is InChI=1S/C28H21BrClN3O3/c29-16-9-7-15(8-10-16)24(34)23-22-6-3-13-33(22)28(19-14-17(30)11-12-21(19)32-26(28)36)27(23)18-4-1-2-5-20(18)31-25(27)35/h1-2,4-5,7-12,14,22-23H,3,6,13H2,(H,31,35)(H,32,36)/t22-,23-,27+,28-/m0/s1. The molecular weight excluding hydrogens is 542 g/mol. The van der Waals surface area contributed by atoms with E-state index in [0.717, 1.165) is 17.3 Å². The Balaban J connectivity index is 1.59. The van der Waals surface area contributed by atoms with Crippen molar-refractivity contribution in [2.45, 2.75) is 29.8 Å². The van der Waals surface area contributed by atoms with Crippen molar-refractivity contribution < 1.29 is 14.4 Å². The smallest absolute Gasteiger partial charge is 0.251 e. The number of fused-ring (bicyclic) bond motifs is 7. The first-order valence-electron chi connectivity index (χ1n) is 12.0. The van der Waals surface area contributed by atoms with Crippen LogP contribution in [0.25, 0.3) is 0 Å². The summed E-state index contributed by atoms with van der Waals surface area (Å²) in [6.45, 7) is 0.603. The molecule has 0 radical (unpaired) electrons. The van der Waals surface area contributed by atoms with Crippen molar-refractivity contribution >= 4 is 56.5 Å². The van der Waals surface area contributed by atoms with Gasteiger partial charge in [-0.15, -0.1) is 0 Å². The summed E-state index contributed by atoms with van der Waals surface area (Å²) in [5, 5.41) is 6.56. The van der Waals surface area contributed by atoms with Gasteiger partial charge in [-0.2, -0.15) is 0 Å². The summed E-state index contributed by atoms with van der Waals surface area (Å²) in [4.78, 5) is 45.2. The van der Waals surface area contributed by atoms with Crippen molar-refractivity contribution in [2.24, 2.45) is 5.92 Å². The second-order valence-electron chi connectivity index (χ2n) is 9.91. The van der Waals surface area contributed by atoms with Gasteiger partial charge < -0.3 is 10.6 Å². The number of amides is 2. The highest BCUT2D eigenvalue weighted by atomic mass is 79.9. The molecule has 0 aromatic heterocycles. The number of ketones is 1. The summed E-state index contributed by atoms with van der Waals surface area (Å²) in [6.07, 6.45) is 1.55. The van der Waals surface area contributed by atoms with Crippen molar-refractivity contribution in [2.75, 3.05) is 17.2 Å². The molecule has 2 fully saturated rings. The minimum absolute atomic E-state index is 0.133. The Kier molecular flexibility index (Phi) is 4.63. The number of nitrogens with one attached hydrogen (secondary N) is 2. The number of carbonyl (C=O) groups is 3. The maximum Gasteiger partial charge on any atom is 0.251 e. The molecule has 3 aromatic carbocycles. The average molecular weight is 563 g/mol. The fourth-order valence-corrected chi connectivity index (χ4v) is 7.78. The maximum atomic E-state index is 14.5. The zero-order chi connectivity index (χ0) is 24.8.